The van der Waals surface area contributed by atoms with E-state index in [2.05, 4.69) is 0 Å². The monoisotopic (exact) mass is 279 g/mol. The molecule has 1 heterocycles. The second kappa shape index (κ2) is 5.23. The van der Waals surface area contributed by atoms with Crippen molar-refractivity contribution in [3.05, 3.63) is 29.8 Å². The Morgan fingerprint density at radius 2 is 1.95 bits per heavy atom. The number of carbonyl (C=O) groups excluding carboxylic acids is 3. The highest BCUT2D eigenvalue weighted by Crippen LogP contribution is 2.33. The van der Waals surface area contributed by atoms with Gasteiger partial charge in [0, 0.05) is 10.5 Å². The summed E-state index contributed by atoms with van der Waals surface area (Å²) in [6.07, 6.45) is 0. The first-order valence-electron chi connectivity index (χ1n) is 5.35. The second-order valence-corrected chi connectivity index (χ2v) is 4.87. The van der Waals surface area contributed by atoms with E-state index in [1.165, 1.54) is 6.07 Å². The Hall–Kier alpha value is -2.15. The summed E-state index contributed by atoms with van der Waals surface area (Å²) in [6.45, 7) is -0.623. The average Bonchev–Trinajstić information content (AvgIpc) is 2.36. The van der Waals surface area contributed by atoms with E-state index in [1.807, 2.05) is 5.32 Å². The van der Waals surface area contributed by atoms with Gasteiger partial charge in [-0.1, -0.05) is 18.2 Å². The molecule has 1 aromatic rings. The largest absolute Gasteiger partial charge is 0.480 e. The number of fused-ring (bicyclic) bond motifs is 1. The summed E-state index contributed by atoms with van der Waals surface area (Å²) < 4.78 is 0. The van der Waals surface area contributed by atoms with Gasteiger partial charge in [0.2, 0.25) is 11.0 Å². The molecule has 2 N–H and O–H groups in total. The number of carboxylic acid groups (broad SMARTS) is 1. The molecule has 0 aliphatic carbocycles. The lowest BCUT2D eigenvalue weighted by Gasteiger charge is -2.20. The number of ketones is 1. The Kier molecular flexibility index (Phi) is 3.66. The molecule has 1 unspecified atom stereocenters. The van der Waals surface area contributed by atoms with Gasteiger partial charge < -0.3 is 10.4 Å². The van der Waals surface area contributed by atoms with Crippen molar-refractivity contribution >= 4 is 34.5 Å². The van der Waals surface area contributed by atoms with Crippen LogP contribution < -0.4 is 5.32 Å². The van der Waals surface area contributed by atoms with Crippen LogP contribution in [0.4, 0.5) is 0 Å². The topological polar surface area (TPSA) is 101 Å². The summed E-state index contributed by atoms with van der Waals surface area (Å²) in [4.78, 5) is 46.4. The van der Waals surface area contributed by atoms with Crippen molar-refractivity contribution in [3.63, 3.8) is 0 Å². The van der Waals surface area contributed by atoms with E-state index in [-0.39, 0.29) is 0 Å². The molecule has 2 rings (SSSR count). The predicted molar refractivity (Wildman–Crippen MR) is 65.8 cm³/mol. The van der Waals surface area contributed by atoms with Crippen LogP contribution in [0.5, 0.6) is 0 Å². The first-order valence-corrected chi connectivity index (χ1v) is 6.17. The molecule has 98 valence electrons. The van der Waals surface area contributed by atoms with Crippen LogP contribution in [-0.2, 0) is 14.4 Å². The average molecular weight is 279 g/mol. The van der Waals surface area contributed by atoms with E-state index in [0.717, 1.165) is 11.8 Å². The normalized spacial score (nSPS) is 17.8. The molecule has 0 saturated carbocycles. The molecule has 0 aromatic heterocycles. The number of benzene rings is 1. The first-order chi connectivity index (χ1) is 9.00. The van der Waals surface area contributed by atoms with Crippen molar-refractivity contribution in [1.29, 1.82) is 0 Å². The molecule has 1 aliphatic rings. The van der Waals surface area contributed by atoms with E-state index in [9.17, 15) is 19.2 Å². The third kappa shape index (κ3) is 2.65. The highest BCUT2D eigenvalue weighted by atomic mass is 32.2. The van der Waals surface area contributed by atoms with Crippen LogP contribution in [0.2, 0.25) is 0 Å². The maximum atomic E-state index is 12.1. The molecule has 1 aromatic carbocycles. The molecular weight excluding hydrogens is 270 g/mol. The van der Waals surface area contributed by atoms with Crippen LogP contribution in [0.15, 0.2) is 29.2 Å². The van der Waals surface area contributed by atoms with Crippen molar-refractivity contribution in [1.82, 2.24) is 5.32 Å². The number of hydrogen-bond acceptors (Lipinski definition) is 5. The molecule has 0 fully saturated rings. The van der Waals surface area contributed by atoms with Gasteiger partial charge in [-0.15, -0.1) is 0 Å². The molecule has 0 spiro atoms. The standard InChI is InChI=1S/C12H9NO5S/c14-8(15)5-13-11(17)9-10(16)6-3-1-2-4-7(6)19-12(9)18/h1-4,9H,5H2,(H,13,17)(H,14,15). The number of amides is 1. The summed E-state index contributed by atoms with van der Waals surface area (Å²) >= 11 is 0.818. The van der Waals surface area contributed by atoms with E-state index in [0.29, 0.717) is 10.5 Å². The molecular formula is C12H9NO5S. The van der Waals surface area contributed by atoms with Crippen LogP contribution in [-0.4, -0.2) is 34.4 Å². The summed E-state index contributed by atoms with van der Waals surface area (Å²) in [5.41, 5.74) is 0.308. The molecule has 6 nitrogen and oxygen atoms in total. The van der Waals surface area contributed by atoms with Gasteiger partial charge in [-0.3, -0.25) is 19.2 Å². The van der Waals surface area contributed by atoms with Gasteiger partial charge in [-0.25, -0.2) is 0 Å². The van der Waals surface area contributed by atoms with Crippen molar-refractivity contribution < 1.29 is 24.3 Å². The molecule has 7 heteroatoms. The zero-order valence-corrected chi connectivity index (χ0v) is 10.4. The number of rotatable bonds is 3. The Labute approximate surface area is 112 Å². The number of nitrogens with one attached hydrogen (secondary N) is 1. The van der Waals surface area contributed by atoms with Crippen LogP contribution in [0.25, 0.3) is 0 Å². The molecule has 1 amide bonds. The van der Waals surface area contributed by atoms with E-state index in [4.69, 9.17) is 5.11 Å². The van der Waals surface area contributed by atoms with Crippen molar-refractivity contribution in [2.24, 2.45) is 5.92 Å². The Morgan fingerprint density at radius 3 is 2.63 bits per heavy atom. The second-order valence-electron chi connectivity index (χ2n) is 3.83. The lowest BCUT2D eigenvalue weighted by atomic mass is 9.97. The van der Waals surface area contributed by atoms with Crippen molar-refractivity contribution in [2.75, 3.05) is 6.54 Å². The lowest BCUT2D eigenvalue weighted by molar-refractivity contribution is -0.139. The Morgan fingerprint density at radius 1 is 1.26 bits per heavy atom. The highest BCUT2D eigenvalue weighted by molar-refractivity contribution is 8.14. The van der Waals surface area contributed by atoms with Crippen LogP contribution in [0.1, 0.15) is 10.4 Å². The third-order valence-electron chi connectivity index (χ3n) is 2.54. The van der Waals surface area contributed by atoms with Gasteiger partial charge >= 0.3 is 5.97 Å². The zero-order valence-electron chi connectivity index (χ0n) is 9.58. The van der Waals surface area contributed by atoms with Gasteiger partial charge in [-0.2, -0.15) is 0 Å². The zero-order chi connectivity index (χ0) is 14.0. The van der Waals surface area contributed by atoms with E-state index in [1.54, 1.807) is 18.2 Å². The predicted octanol–water partition coefficient (Wildman–Crippen LogP) is 0.319. The molecule has 0 bridgehead atoms. The summed E-state index contributed by atoms with van der Waals surface area (Å²) in [7, 11) is 0. The SMILES string of the molecule is O=C(O)CNC(=O)C1C(=O)Sc2ccccc2C1=O. The lowest BCUT2D eigenvalue weighted by Crippen LogP contribution is -2.42. The molecule has 0 radical (unpaired) electrons. The number of aliphatic carboxylic acids is 1. The van der Waals surface area contributed by atoms with E-state index >= 15 is 0 Å². The van der Waals surface area contributed by atoms with E-state index < -0.39 is 35.2 Å². The summed E-state index contributed by atoms with van der Waals surface area (Å²) in [6, 6.07) is 6.49. The van der Waals surface area contributed by atoms with Crippen LogP contribution in [0, 0.1) is 5.92 Å². The van der Waals surface area contributed by atoms with Crippen LogP contribution >= 0.6 is 11.8 Å². The fraction of sp³-hybridized carbons (Fsp3) is 0.167. The minimum Gasteiger partial charge on any atom is -0.480 e. The fourth-order valence-electron chi connectivity index (χ4n) is 1.68. The first kappa shape index (κ1) is 13.3. The minimum absolute atomic E-state index is 0.308. The molecule has 19 heavy (non-hydrogen) atoms. The maximum Gasteiger partial charge on any atom is 0.322 e. The smallest absolute Gasteiger partial charge is 0.322 e. The molecule has 1 aliphatic heterocycles. The van der Waals surface area contributed by atoms with Crippen LogP contribution in [0.3, 0.4) is 0 Å². The maximum absolute atomic E-state index is 12.1. The van der Waals surface area contributed by atoms with Gasteiger partial charge in [0.05, 0.1) is 0 Å². The van der Waals surface area contributed by atoms with Crippen molar-refractivity contribution in [3.8, 4) is 0 Å². The minimum atomic E-state index is -1.47. The third-order valence-corrected chi connectivity index (χ3v) is 3.55. The number of hydrogen-bond donors (Lipinski definition) is 2. The molecule has 0 saturated heterocycles. The fourth-order valence-corrected chi connectivity index (χ4v) is 2.65. The van der Waals surface area contributed by atoms with Gasteiger partial charge in [0.25, 0.3) is 0 Å². The number of Topliss-reactive ketones (excluding diaryl/α,β-unsaturated/α-hetero) is 1. The van der Waals surface area contributed by atoms with Crippen molar-refractivity contribution in [2.45, 2.75) is 4.90 Å². The highest BCUT2D eigenvalue weighted by Gasteiger charge is 2.40. The summed E-state index contributed by atoms with van der Waals surface area (Å²) in [5.74, 6) is -4.18. The number of thioether (sulfide) groups is 1. The summed E-state index contributed by atoms with van der Waals surface area (Å²) in [5, 5.41) is 9.92. The Balaban J connectivity index is 2.24. The molecule has 1 atom stereocenters. The quantitative estimate of drug-likeness (QED) is 0.773. The number of carboxylic acids is 1. The van der Waals surface area contributed by atoms with Gasteiger partial charge in [-0.05, 0) is 17.8 Å². The van der Waals surface area contributed by atoms with Gasteiger partial charge in [0.15, 0.2) is 11.7 Å². The number of carbonyl (C=O) groups is 4. The van der Waals surface area contributed by atoms with Gasteiger partial charge in [0.1, 0.15) is 6.54 Å². The Bertz CT molecular complexity index is 583.